The minimum atomic E-state index is 0.196. The van der Waals surface area contributed by atoms with Gasteiger partial charge in [0.1, 0.15) is 11.5 Å². The number of aromatic nitrogens is 2. The molecule has 0 aliphatic rings. The van der Waals surface area contributed by atoms with Crippen LogP contribution in [0.5, 0.6) is 5.75 Å². The van der Waals surface area contributed by atoms with Crippen LogP contribution in [-0.4, -0.2) is 26.3 Å². The molecule has 2 N–H and O–H groups in total. The Kier molecular flexibility index (Phi) is 3.73. The van der Waals surface area contributed by atoms with Gasteiger partial charge in [0, 0.05) is 16.6 Å². The second-order valence-corrected chi connectivity index (χ2v) is 6.07. The molecule has 0 unspecified atom stereocenters. The van der Waals surface area contributed by atoms with E-state index in [0.717, 1.165) is 39.1 Å². The first-order valence-corrected chi connectivity index (χ1v) is 8.15. The quantitative estimate of drug-likeness (QED) is 0.326. The third kappa shape index (κ3) is 2.35. The van der Waals surface area contributed by atoms with Crippen LogP contribution in [0.15, 0.2) is 58.2 Å². The molecule has 0 fully saturated rings. The number of oxime groups is 1. The van der Waals surface area contributed by atoms with Crippen molar-refractivity contribution in [2.45, 2.75) is 13.8 Å². The lowest BCUT2D eigenvalue weighted by Crippen LogP contribution is -1.99. The van der Waals surface area contributed by atoms with Gasteiger partial charge in [0.05, 0.1) is 28.7 Å². The van der Waals surface area contributed by atoms with Crippen LogP contribution in [0, 0.1) is 13.8 Å². The van der Waals surface area contributed by atoms with Gasteiger partial charge in [-0.05, 0) is 44.2 Å². The lowest BCUT2D eigenvalue weighted by atomic mass is 10.0. The van der Waals surface area contributed by atoms with Gasteiger partial charge in [0.15, 0.2) is 0 Å². The van der Waals surface area contributed by atoms with Crippen LogP contribution in [0.2, 0.25) is 0 Å². The Hall–Kier alpha value is -3.54. The Morgan fingerprint density at radius 1 is 1.08 bits per heavy atom. The molecule has 4 aromatic rings. The number of phenolic OH excluding ortho intramolecular Hbond substituents is 1. The number of fused-ring (bicyclic) bond motifs is 1. The van der Waals surface area contributed by atoms with E-state index in [2.05, 4.69) is 14.9 Å². The molecular formula is C20H17N3O3. The fourth-order valence-electron chi connectivity index (χ4n) is 3.39. The molecule has 0 bridgehead atoms. The van der Waals surface area contributed by atoms with Gasteiger partial charge in [0.2, 0.25) is 0 Å². The average molecular weight is 347 g/mol. The van der Waals surface area contributed by atoms with Crippen LogP contribution in [-0.2, 0) is 0 Å². The van der Waals surface area contributed by atoms with Crippen molar-refractivity contribution in [2.24, 2.45) is 5.16 Å². The Labute approximate surface area is 149 Å². The Morgan fingerprint density at radius 2 is 1.81 bits per heavy atom. The lowest BCUT2D eigenvalue weighted by molar-refractivity contribution is 0.322. The van der Waals surface area contributed by atoms with Gasteiger partial charge in [-0.2, -0.15) is 0 Å². The van der Waals surface area contributed by atoms with Crippen molar-refractivity contribution in [1.82, 2.24) is 9.72 Å². The second kappa shape index (κ2) is 6.07. The molecule has 2 heterocycles. The number of aryl methyl sites for hydroxylation is 2. The van der Waals surface area contributed by atoms with Crippen LogP contribution in [0.3, 0.4) is 0 Å². The summed E-state index contributed by atoms with van der Waals surface area (Å²) >= 11 is 0. The van der Waals surface area contributed by atoms with E-state index in [1.165, 1.54) is 6.21 Å². The smallest absolute Gasteiger partial charge is 0.143 e. The maximum absolute atomic E-state index is 9.66. The van der Waals surface area contributed by atoms with Gasteiger partial charge in [-0.15, -0.1) is 0 Å². The number of hydrogen-bond donors (Lipinski definition) is 2. The highest BCUT2D eigenvalue weighted by atomic mass is 16.5. The topological polar surface area (TPSA) is 83.8 Å². The summed E-state index contributed by atoms with van der Waals surface area (Å²) in [5.74, 6) is 0.874. The van der Waals surface area contributed by atoms with Crippen LogP contribution in [0.25, 0.3) is 27.8 Å². The predicted octanol–water partition coefficient (Wildman–Crippen LogP) is 4.42. The van der Waals surface area contributed by atoms with E-state index in [0.29, 0.717) is 5.76 Å². The first-order valence-electron chi connectivity index (χ1n) is 8.15. The minimum absolute atomic E-state index is 0.196. The van der Waals surface area contributed by atoms with E-state index >= 15 is 0 Å². The van der Waals surface area contributed by atoms with E-state index in [1.807, 2.05) is 50.2 Å². The standard InChI is InChI=1S/C20H17N3O3/c1-12-19(13(2)26-22-12)20-17(11-21-25)16-5-3-4-6-18(16)23(20)14-7-9-15(24)10-8-14/h3-11,24-25H,1-2H3/b21-11+. The molecule has 0 saturated heterocycles. The van der Waals surface area contributed by atoms with E-state index < -0.39 is 0 Å². The monoisotopic (exact) mass is 347 g/mol. The zero-order valence-corrected chi connectivity index (χ0v) is 14.3. The number of nitrogens with zero attached hydrogens (tertiary/aromatic N) is 3. The van der Waals surface area contributed by atoms with Gasteiger partial charge in [-0.1, -0.05) is 28.5 Å². The molecule has 0 atom stereocenters. The van der Waals surface area contributed by atoms with Gasteiger partial charge in [0.25, 0.3) is 0 Å². The molecule has 0 spiro atoms. The van der Waals surface area contributed by atoms with Crippen molar-refractivity contribution < 1.29 is 14.8 Å². The molecule has 0 aliphatic heterocycles. The number of benzene rings is 2. The number of rotatable bonds is 3. The van der Waals surface area contributed by atoms with Gasteiger partial charge >= 0.3 is 0 Å². The van der Waals surface area contributed by atoms with E-state index in [1.54, 1.807) is 12.1 Å². The SMILES string of the molecule is Cc1noc(C)c1-c1c(/C=N/O)c2ccccc2n1-c1ccc(O)cc1. The summed E-state index contributed by atoms with van der Waals surface area (Å²) < 4.78 is 7.43. The lowest BCUT2D eigenvalue weighted by Gasteiger charge is -2.12. The van der Waals surface area contributed by atoms with E-state index in [-0.39, 0.29) is 5.75 Å². The predicted molar refractivity (Wildman–Crippen MR) is 99.3 cm³/mol. The molecule has 6 heteroatoms. The highest BCUT2D eigenvalue weighted by Gasteiger charge is 2.24. The van der Waals surface area contributed by atoms with Crippen molar-refractivity contribution in [2.75, 3.05) is 0 Å². The minimum Gasteiger partial charge on any atom is -0.508 e. The molecule has 0 radical (unpaired) electrons. The molecule has 4 rings (SSSR count). The fourth-order valence-corrected chi connectivity index (χ4v) is 3.39. The summed E-state index contributed by atoms with van der Waals surface area (Å²) in [6, 6.07) is 14.8. The molecule has 130 valence electrons. The first-order chi connectivity index (χ1) is 12.6. The summed E-state index contributed by atoms with van der Waals surface area (Å²) in [6.45, 7) is 3.73. The van der Waals surface area contributed by atoms with Crippen LogP contribution < -0.4 is 0 Å². The van der Waals surface area contributed by atoms with Crippen molar-refractivity contribution in [3.8, 4) is 22.7 Å². The summed E-state index contributed by atoms with van der Waals surface area (Å²) in [5.41, 5.74) is 5.01. The van der Waals surface area contributed by atoms with Crippen molar-refractivity contribution in [3.05, 3.63) is 65.5 Å². The molecule has 6 nitrogen and oxygen atoms in total. The summed E-state index contributed by atoms with van der Waals surface area (Å²) in [4.78, 5) is 0. The maximum Gasteiger partial charge on any atom is 0.143 e. The Morgan fingerprint density at radius 3 is 2.46 bits per heavy atom. The zero-order chi connectivity index (χ0) is 18.3. The highest BCUT2D eigenvalue weighted by molar-refractivity contribution is 6.07. The van der Waals surface area contributed by atoms with Gasteiger partial charge in [-0.25, -0.2) is 0 Å². The summed E-state index contributed by atoms with van der Waals surface area (Å²) in [6.07, 6.45) is 1.43. The van der Waals surface area contributed by atoms with Crippen LogP contribution in [0.1, 0.15) is 17.0 Å². The number of aromatic hydroxyl groups is 1. The van der Waals surface area contributed by atoms with Crippen LogP contribution in [0.4, 0.5) is 0 Å². The Bertz CT molecular complexity index is 1100. The van der Waals surface area contributed by atoms with Crippen LogP contribution >= 0.6 is 0 Å². The van der Waals surface area contributed by atoms with Crippen molar-refractivity contribution >= 4 is 17.1 Å². The molecule has 2 aromatic heterocycles. The fraction of sp³-hybridized carbons (Fsp3) is 0.100. The molecule has 0 aliphatic carbocycles. The largest absolute Gasteiger partial charge is 0.508 e. The second-order valence-electron chi connectivity index (χ2n) is 6.07. The third-order valence-electron chi connectivity index (χ3n) is 4.48. The highest BCUT2D eigenvalue weighted by Crippen LogP contribution is 2.38. The number of hydrogen-bond acceptors (Lipinski definition) is 5. The number of phenols is 1. The average Bonchev–Trinajstić information content (AvgIpc) is 3.13. The van der Waals surface area contributed by atoms with Crippen molar-refractivity contribution in [1.29, 1.82) is 0 Å². The summed E-state index contributed by atoms with van der Waals surface area (Å²) in [7, 11) is 0. The molecule has 26 heavy (non-hydrogen) atoms. The summed E-state index contributed by atoms with van der Waals surface area (Å²) in [5, 5.41) is 27.2. The first kappa shape index (κ1) is 16.0. The molecule has 0 amide bonds. The van der Waals surface area contributed by atoms with Gasteiger partial charge < -0.3 is 19.4 Å². The van der Waals surface area contributed by atoms with Gasteiger partial charge in [-0.3, -0.25) is 0 Å². The Balaban J connectivity index is 2.19. The third-order valence-corrected chi connectivity index (χ3v) is 4.48. The molecule has 2 aromatic carbocycles. The van der Waals surface area contributed by atoms with E-state index in [4.69, 9.17) is 4.52 Å². The van der Waals surface area contributed by atoms with E-state index in [9.17, 15) is 10.3 Å². The zero-order valence-electron chi connectivity index (χ0n) is 14.3. The maximum atomic E-state index is 9.66. The number of para-hydroxylation sites is 1. The normalized spacial score (nSPS) is 11.6. The molecule has 0 saturated carbocycles. The van der Waals surface area contributed by atoms with Crippen molar-refractivity contribution in [3.63, 3.8) is 0 Å². The molecular weight excluding hydrogens is 330 g/mol.